The fraction of sp³-hybridized carbons (Fsp3) is 0.588. The lowest BCUT2D eigenvalue weighted by atomic mass is 10.0. The van der Waals surface area contributed by atoms with E-state index in [1.165, 1.54) is 12.0 Å². The van der Waals surface area contributed by atoms with Crippen molar-refractivity contribution in [3.63, 3.8) is 0 Å². The number of nitrogens with one attached hydrogen (secondary N) is 2. The van der Waals surface area contributed by atoms with E-state index >= 15 is 0 Å². The third-order valence-corrected chi connectivity index (χ3v) is 4.54. The Morgan fingerprint density at radius 1 is 1.24 bits per heavy atom. The normalized spacial score (nSPS) is 12.0. The van der Waals surface area contributed by atoms with Crippen LogP contribution < -0.4 is 10.6 Å². The van der Waals surface area contributed by atoms with E-state index < -0.39 is 0 Å². The van der Waals surface area contributed by atoms with Crippen LogP contribution in [0.25, 0.3) is 0 Å². The molecule has 0 aromatic heterocycles. The molecular formula is C17H27ClN2S. The van der Waals surface area contributed by atoms with Gasteiger partial charge >= 0.3 is 0 Å². The van der Waals surface area contributed by atoms with Crippen LogP contribution in [0.4, 0.5) is 5.69 Å². The molecule has 118 valence electrons. The summed E-state index contributed by atoms with van der Waals surface area (Å²) >= 11 is 11.7. The molecule has 0 bridgehead atoms. The minimum Gasteiger partial charge on any atom is -0.362 e. The molecule has 1 aromatic carbocycles. The largest absolute Gasteiger partial charge is 0.362 e. The Hall–Kier alpha value is -0.800. The number of thiocarbonyl (C=S) groups is 1. The Labute approximate surface area is 139 Å². The number of anilines is 1. The van der Waals surface area contributed by atoms with E-state index in [0.717, 1.165) is 48.0 Å². The standard InChI is InChI=1S/C17H27ClN2S/c1-5-12(4)10-11-19-17(21)20-16-13(6-2)8-9-15(18)14(16)7-3/h8-9,12H,5-7,10-11H2,1-4H3,(H2,19,20,21). The lowest BCUT2D eigenvalue weighted by Crippen LogP contribution is -2.30. The second kappa shape index (κ2) is 9.26. The van der Waals surface area contributed by atoms with Crippen LogP contribution in [-0.4, -0.2) is 11.7 Å². The van der Waals surface area contributed by atoms with Crippen molar-refractivity contribution in [1.82, 2.24) is 5.32 Å². The Kier molecular flexibility index (Phi) is 8.05. The zero-order chi connectivity index (χ0) is 15.8. The molecule has 1 unspecified atom stereocenters. The van der Waals surface area contributed by atoms with Crippen LogP contribution in [0.5, 0.6) is 0 Å². The maximum atomic E-state index is 6.30. The first kappa shape index (κ1) is 18.2. The van der Waals surface area contributed by atoms with Gasteiger partial charge in [-0.1, -0.05) is 51.8 Å². The zero-order valence-electron chi connectivity index (χ0n) is 13.6. The predicted octanol–water partition coefficient (Wildman–Crippen LogP) is 5.19. The highest BCUT2D eigenvalue weighted by Crippen LogP contribution is 2.29. The van der Waals surface area contributed by atoms with E-state index in [1.54, 1.807) is 0 Å². The molecule has 0 aliphatic carbocycles. The smallest absolute Gasteiger partial charge is 0.170 e. The summed E-state index contributed by atoms with van der Waals surface area (Å²) < 4.78 is 0. The van der Waals surface area contributed by atoms with Gasteiger partial charge in [0.25, 0.3) is 0 Å². The fourth-order valence-corrected chi connectivity index (χ4v) is 2.76. The van der Waals surface area contributed by atoms with Gasteiger partial charge in [0.2, 0.25) is 0 Å². The van der Waals surface area contributed by atoms with Crippen molar-refractivity contribution < 1.29 is 0 Å². The van der Waals surface area contributed by atoms with Crippen LogP contribution in [0.15, 0.2) is 12.1 Å². The Balaban J connectivity index is 2.73. The van der Waals surface area contributed by atoms with Gasteiger partial charge in [0.1, 0.15) is 0 Å². The first-order valence-electron chi connectivity index (χ1n) is 7.88. The summed E-state index contributed by atoms with van der Waals surface area (Å²) in [4.78, 5) is 0. The lowest BCUT2D eigenvalue weighted by Gasteiger charge is -2.18. The summed E-state index contributed by atoms with van der Waals surface area (Å²) in [7, 11) is 0. The van der Waals surface area contributed by atoms with Gasteiger partial charge in [-0.25, -0.2) is 0 Å². The summed E-state index contributed by atoms with van der Waals surface area (Å²) in [5, 5.41) is 8.14. The van der Waals surface area contributed by atoms with Crippen molar-refractivity contribution in [2.24, 2.45) is 5.92 Å². The van der Waals surface area contributed by atoms with E-state index in [9.17, 15) is 0 Å². The third-order valence-electron chi connectivity index (χ3n) is 3.93. The van der Waals surface area contributed by atoms with Gasteiger partial charge in [0.15, 0.2) is 5.11 Å². The third kappa shape index (κ3) is 5.48. The predicted molar refractivity (Wildman–Crippen MR) is 98.5 cm³/mol. The average Bonchev–Trinajstić information content (AvgIpc) is 2.47. The van der Waals surface area contributed by atoms with E-state index in [0.29, 0.717) is 5.11 Å². The Bertz CT molecular complexity index is 474. The van der Waals surface area contributed by atoms with Gasteiger partial charge in [-0.3, -0.25) is 0 Å². The number of hydrogen-bond acceptors (Lipinski definition) is 1. The summed E-state index contributed by atoms with van der Waals surface area (Å²) in [5.74, 6) is 0.726. The highest BCUT2D eigenvalue weighted by molar-refractivity contribution is 7.80. The summed E-state index contributed by atoms with van der Waals surface area (Å²) in [6.45, 7) is 9.65. The molecular weight excluding hydrogens is 300 g/mol. The van der Waals surface area contributed by atoms with E-state index in [2.05, 4.69) is 44.4 Å². The lowest BCUT2D eigenvalue weighted by molar-refractivity contribution is 0.513. The molecule has 0 fully saturated rings. The number of rotatable bonds is 7. The molecule has 2 nitrogen and oxygen atoms in total. The Morgan fingerprint density at radius 2 is 1.95 bits per heavy atom. The maximum absolute atomic E-state index is 6.30. The van der Waals surface area contributed by atoms with Gasteiger partial charge in [-0.2, -0.15) is 0 Å². The SMILES string of the molecule is CCc1ccc(Cl)c(CC)c1NC(=S)NCCC(C)CC. The van der Waals surface area contributed by atoms with E-state index in [4.69, 9.17) is 23.8 Å². The number of benzene rings is 1. The van der Waals surface area contributed by atoms with Crippen LogP contribution in [-0.2, 0) is 12.8 Å². The summed E-state index contributed by atoms with van der Waals surface area (Å²) in [6, 6.07) is 4.05. The van der Waals surface area contributed by atoms with Crippen LogP contribution in [0.1, 0.15) is 51.7 Å². The maximum Gasteiger partial charge on any atom is 0.170 e. The molecule has 0 amide bonds. The Morgan fingerprint density at radius 3 is 2.52 bits per heavy atom. The molecule has 4 heteroatoms. The number of aryl methyl sites for hydroxylation is 1. The minimum atomic E-state index is 0.685. The van der Waals surface area contributed by atoms with Crippen molar-refractivity contribution in [2.45, 2.75) is 53.4 Å². The highest BCUT2D eigenvalue weighted by atomic mass is 35.5. The average molecular weight is 327 g/mol. The second-order valence-electron chi connectivity index (χ2n) is 5.45. The van der Waals surface area contributed by atoms with Crippen LogP contribution >= 0.6 is 23.8 Å². The molecule has 0 heterocycles. The van der Waals surface area contributed by atoms with Crippen molar-refractivity contribution in [2.75, 3.05) is 11.9 Å². The second-order valence-corrected chi connectivity index (χ2v) is 6.27. The van der Waals surface area contributed by atoms with Crippen LogP contribution in [0.2, 0.25) is 5.02 Å². The zero-order valence-corrected chi connectivity index (χ0v) is 15.1. The molecule has 2 N–H and O–H groups in total. The number of halogens is 1. The van der Waals surface area contributed by atoms with Gasteiger partial charge in [0.05, 0.1) is 0 Å². The molecule has 21 heavy (non-hydrogen) atoms. The van der Waals surface area contributed by atoms with Crippen molar-refractivity contribution in [3.05, 3.63) is 28.3 Å². The first-order chi connectivity index (χ1) is 10.0. The summed E-state index contributed by atoms with van der Waals surface area (Å²) in [6.07, 6.45) is 4.19. The molecule has 1 atom stereocenters. The fourth-order valence-electron chi connectivity index (χ4n) is 2.26. The molecule has 0 radical (unpaired) electrons. The van der Waals surface area contributed by atoms with Gasteiger partial charge < -0.3 is 10.6 Å². The quantitative estimate of drug-likeness (QED) is 0.674. The van der Waals surface area contributed by atoms with Crippen LogP contribution in [0, 0.1) is 5.92 Å². The molecule has 0 spiro atoms. The summed E-state index contributed by atoms with van der Waals surface area (Å²) in [5.41, 5.74) is 3.47. The van der Waals surface area contributed by atoms with Gasteiger partial charge in [-0.15, -0.1) is 0 Å². The molecule has 0 saturated carbocycles. The van der Waals surface area contributed by atoms with Crippen molar-refractivity contribution in [3.8, 4) is 0 Å². The van der Waals surface area contributed by atoms with Gasteiger partial charge in [0, 0.05) is 17.3 Å². The molecule has 1 rings (SSSR count). The van der Waals surface area contributed by atoms with E-state index in [-0.39, 0.29) is 0 Å². The number of hydrogen-bond donors (Lipinski definition) is 2. The van der Waals surface area contributed by atoms with Gasteiger partial charge in [-0.05, 0) is 54.6 Å². The molecule has 0 aliphatic rings. The topological polar surface area (TPSA) is 24.1 Å². The molecule has 1 aromatic rings. The highest BCUT2D eigenvalue weighted by Gasteiger charge is 2.11. The van der Waals surface area contributed by atoms with Crippen molar-refractivity contribution >= 4 is 34.6 Å². The minimum absolute atomic E-state index is 0.685. The monoisotopic (exact) mass is 326 g/mol. The first-order valence-corrected chi connectivity index (χ1v) is 8.67. The van der Waals surface area contributed by atoms with E-state index in [1.807, 2.05) is 6.07 Å². The van der Waals surface area contributed by atoms with Crippen molar-refractivity contribution in [1.29, 1.82) is 0 Å². The molecule has 0 aliphatic heterocycles. The molecule has 0 saturated heterocycles. The van der Waals surface area contributed by atoms with Crippen LogP contribution in [0.3, 0.4) is 0 Å².